The quantitative estimate of drug-likeness (QED) is 0.728. The molecule has 1 aromatic rings. The number of hydrogen-bond acceptors (Lipinski definition) is 1. The van der Waals surface area contributed by atoms with Gasteiger partial charge in [-0.15, -0.1) is 0 Å². The van der Waals surface area contributed by atoms with Crippen molar-refractivity contribution < 1.29 is 0 Å². The average Bonchev–Trinajstić information content (AvgIpc) is 2.48. The van der Waals surface area contributed by atoms with Gasteiger partial charge in [0.1, 0.15) is 0 Å². The Morgan fingerprint density at radius 1 is 1.11 bits per heavy atom. The molecule has 0 saturated heterocycles. The fraction of sp³-hybridized carbons (Fsp3) is 0.667. The van der Waals surface area contributed by atoms with Gasteiger partial charge in [0.05, 0.1) is 0 Å². The molecule has 1 fully saturated rings. The zero-order chi connectivity index (χ0) is 13.5. The van der Waals surface area contributed by atoms with Crippen molar-refractivity contribution in [2.45, 2.75) is 63.8 Å². The first kappa shape index (κ1) is 14.6. The Morgan fingerprint density at radius 3 is 2.58 bits per heavy atom. The Labute approximate surface area is 118 Å². The third-order valence-corrected chi connectivity index (χ3v) is 4.80. The molecule has 0 aromatic heterocycles. The fourth-order valence-corrected chi connectivity index (χ4v) is 3.65. The van der Waals surface area contributed by atoms with Crippen molar-refractivity contribution in [1.29, 1.82) is 0 Å². The molecular formula is C18H29N. The molecule has 0 bridgehead atoms. The van der Waals surface area contributed by atoms with Crippen LogP contribution in [0.4, 0.5) is 0 Å². The molecule has 1 saturated carbocycles. The van der Waals surface area contributed by atoms with Gasteiger partial charge in [-0.2, -0.15) is 0 Å². The molecule has 1 aromatic carbocycles. The normalized spacial score (nSPS) is 27.4. The van der Waals surface area contributed by atoms with Gasteiger partial charge in [0.25, 0.3) is 0 Å². The van der Waals surface area contributed by atoms with Gasteiger partial charge in [0, 0.05) is 6.04 Å². The summed E-state index contributed by atoms with van der Waals surface area (Å²) in [6.07, 6.45) is 9.59. The third kappa shape index (κ3) is 4.07. The molecule has 1 aliphatic carbocycles. The van der Waals surface area contributed by atoms with E-state index in [1.165, 1.54) is 44.9 Å². The van der Waals surface area contributed by atoms with Crippen LogP contribution in [0.5, 0.6) is 0 Å². The van der Waals surface area contributed by atoms with Crippen LogP contribution in [0.2, 0.25) is 0 Å². The van der Waals surface area contributed by atoms with E-state index in [9.17, 15) is 0 Å². The molecule has 0 amide bonds. The lowest BCUT2D eigenvalue weighted by molar-refractivity contribution is 0.232. The highest BCUT2D eigenvalue weighted by molar-refractivity contribution is 5.20. The van der Waals surface area contributed by atoms with Crippen LogP contribution in [-0.2, 0) is 0 Å². The van der Waals surface area contributed by atoms with Crippen LogP contribution in [0, 0.1) is 5.92 Å². The summed E-state index contributed by atoms with van der Waals surface area (Å²) in [6.45, 7) is 2.29. The third-order valence-electron chi connectivity index (χ3n) is 4.80. The van der Waals surface area contributed by atoms with Gasteiger partial charge in [-0.05, 0) is 50.1 Å². The predicted octanol–water partition coefficient (Wildman–Crippen LogP) is 4.74. The molecule has 3 atom stereocenters. The molecule has 1 N–H and O–H groups in total. The second-order valence-corrected chi connectivity index (χ2v) is 6.07. The van der Waals surface area contributed by atoms with Gasteiger partial charge in [0.15, 0.2) is 0 Å². The lowest BCUT2D eigenvalue weighted by Crippen LogP contribution is -2.38. The smallest absolute Gasteiger partial charge is 0.00927 e. The zero-order valence-corrected chi connectivity index (χ0v) is 12.6. The first-order valence-corrected chi connectivity index (χ1v) is 8.07. The summed E-state index contributed by atoms with van der Waals surface area (Å²) < 4.78 is 0. The Kier molecular flexibility index (Phi) is 5.91. The standard InChI is InChI=1S/C18H29N/c1-3-4-6-11-17-14-16(12-13-18(17)19-2)15-9-7-5-8-10-15/h5,7-10,16-19H,3-4,6,11-14H2,1-2H3. The molecule has 0 spiro atoms. The van der Waals surface area contributed by atoms with Crippen molar-refractivity contribution in [2.24, 2.45) is 5.92 Å². The van der Waals surface area contributed by atoms with E-state index in [4.69, 9.17) is 0 Å². The molecular weight excluding hydrogens is 230 g/mol. The Hall–Kier alpha value is -0.820. The molecule has 0 heterocycles. The molecule has 1 heteroatoms. The fourth-order valence-electron chi connectivity index (χ4n) is 3.65. The van der Waals surface area contributed by atoms with Gasteiger partial charge in [0.2, 0.25) is 0 Å². The summed E-state index contributed by atoms with van der Waals surface area (Å²) in [5.74, 6) is 1.66. The molecule has 0 aliphatic heterocycles. The maximum atomic E-state index is 3.55. The molecule has 1 aliphatic rings. The Balaban J connectivity index is 1.95. The molecule has 0 radical (unpaired) electrons. The Morgan fingerprint density at radius 2 is 1.89 bits per heavy atom. The van der Waals surface area contributed by atoms with Gasteiger partial charge >= 0.3 is 0 Å². The lowest BCUT2D eigenvalue weighted by Gasteiger charge is -2.36. The van der Waals surface area contributed by atoms with Crippen LogP contribution in [0.25, 0.3) is 0 Å². The summed E-state index contributed by atoms with van der Waals surface area (Å²) >= 11 is 0. The van der Waals surface area contributed by atoms with Gasteiger partial charge in [-0.3, -0.25) is 0 Å². The zero-order valence-electron chi connectivity index (χ0n) is 12.6. The number of rotatable bonds is 6. The topological polar surface area (TPSA) is 12.0 Å². The van der Waals surface area contributed by atoms with E-state index in [0.717, 1.165) is 17.9 Å². The summed E-state index contributed by atoms with van der Waals surface area (Å²) in [6, 6.07) is 11.9. The first-order valence-electron chi connectivity index (χ1n) is 8.07. The molecule has 2 rings (SSSR count). The van der Waals surface area contributed by atoms with Crippen molar-refractivity contribution in [3.63, 3.8) is 0 Å². The number of hydrogen-bond donors (Lipinski definition) is 1. The van der Waals surface area contributed by atoms with Crippen molar-refractivity contribution in [2.75, 3.05) is 7.05 Å². The summed E-state index contributed by atoms with van der Waals surface area (Å²) in [5.41, 5.74) is 1.55. The monoisotopic (exact) mass is 259 g/mol. The van der Waals surface area contributed by atoms with Crippen LogP contribution >= 0.6 is 0 Å². The molecule has 3 unspecified atom stereocenters. The SMILES string of the molecule is CCCCCC1CC(c2ccccc2)CCC1NC. The second-order valence-electron chi connectivity index (χ2n) is 6.07. The highest BCUT2D eigenvalue weighted by atomic mass is 14.9. The van der Waals surface area contributed by atoms with Crippen LogP contribution in [0.3, 0.4) is 0 Å². The highest BCUT2D eigenvalue weighted by Crippen LogP contribution is 2.38. The summed E-state index contributed by atoms with van der Waals surface area (Å²) in [4.78, 5) is 0. The number of benzene rings is 1. The van der Waals surface area contributed by atoms with E-state index in [0.29, 0.717) is 0 Å². The minimum absolute atomic E-state index is 0.747. The van der Waals surface area contributed by atoms with Crippen LogP contribution < -0.4 is 5.32 Å². The maximum absolute atomic E-state index is 3.55. The van der Waals surface area contributed by atoms with Crippen molar-refractivity contribution in [3.05, 3.63) is 35.9 Å². The summed E-state index contributed by atoms with van der Waals surface area (Å²) in [7, 11) is 2.14. The number of nitrogens with one attached hydrogen (secondary N) is 1. The van der Waals surface area contributed by atoms with E-state index in [1.54, 1.807) is 5.56 Å². The lowest BCUT2D eigenvalue weighted by atomic mass is 9.73. The van der Waals surface area contributed by atoms with E-state index in [2.05, 4.69) is 49.6 Å². The minimum atomic E-state index is 0.747. The van der Waals surface area contributed by atoms with Crippen molar-refractivity contribution in [3.8, 4) is 0 Å². The highest BCUT2D eigenvalue weighted by Gasteiger charge is 2.29. The van der Waals surface area contributed by atoms with E-state index < -0.39 is 0 Å². The molecule has 19 heavy (non-hydrogen) atoms. The van der Waals surface area contributed by atoms with E-state index in [1.807, 2.05) is 0 Å². The Bertz CT molecular complexity index is 346. The van der Waals surface area contributed by atoms with Crippen molar-refractivity contribution >= 4 is 0 Å². The first-order chi connectivity index (χ1) is 9.35. The summed E-state index contributed by atoms with van der Waals surface area (Å²) in [5, 5.41) is 3.55. The number of unbranched alkanes of at least 4 members (excludes halogenated alkanes) is 2. The van der Waals surface area contributed by atoms with E-state index in [-0.39, 0.29) is 0 Å². The van der Waals surface area contributed by atoms with Gasteiger partial charge < -0.3 is 5.32 Å². The minimum Gasteiger partial charge on any atom is -0.317 e. The van der Waals surface area contributed by atoms with Gasteiger partial charge in [-0.25, -0.2) is 0 Å². The predicted molar refractivity (Wildman–Crippen MR) is 83.5 cm³/mol. The second kappa shape index (κ2) is 7.69. The molecule has 106 valence electrons. The van der Waals surface area contributed by atoms with Crippen LogP contribution in [-0.4, -0.2) is 13.1 Å². The maximum Gasteiger partial charge on any atom is 0.00927 e. The molecule has 1 nitrogen and oxygen atoms in total. The van der Waals surface area contributed by atoms with Crippen LogP contribution in [0.15, 0.2) is 30.3 Å². The van der Waals surface area contributed by atoms with Gasteiger partial charge in [-0.1, -0.05) is 56.5 Å². The van der Waals surface area contributed by atoms with Crippen molar-refractivity contribution in [1.82, 2.24) is 5.32 Å². The average molecular weight is 259 g/mol. The largest absolute Gasteiger partial charge is 0.317 e. The van der Waals surface area contributed by atoms with Crippen LogP contribution in [0.1, 0.15) is 63.4 Å². The van der Waals surface area contributed by atoms with E-state index >= 15 is 0 Å².